The first-order valence-corrected chi connectivity index (χ1v) is 10.4. The number of nitrogens with zero attached hydrogens (tertiary/aromatic N) is 2. The van der Waals surface area contributed by atoms with Crippen LogP contribution < -0.4 is 10.9 Å². The monoisotopic (exact) mass is 421 g/mol. The van der Waals surface area contributed by atoms with Gasteiger partial charge in [0.25, 0.3) is 0 Å². The van der Waals surface area contributed by atoms with E-state index in [4.69, 9.17) is 18.2 Å². The zero-order valence-electron chi connectivity index (χ0n) is 16.7. The van der Waals surface area contributed by atoms with Crippen molar-refractivity contribution < 1.29 is 27.6 Å². The number of aromatic nitrogens is 1. The Bertz CT molecular complexity index is 915. The van der Waals surface area contributed by atoms with Crippen LogP contribution in [-0.4, -0.2) is 37.5 Å². The fourth-order valence-electron chi connectivity index (χ4n) is 2.24. The number of carbonyl (C=O) groups is 1. The summed E-state index contributed by atoms with van der Waals surface area (Å²) in [6, 6.07) is 9.54. The van der Waals surface area contributed by atoms with E-state index in [1.54, 1.807) is 26.0 Å². The summed E-state index contributed by atoms with van der Waals surface area (Å²) < 4.78 is 33.4. The molecule has 9 nitrogen and oxygen atoms in total. The molecule has 1 heterocycles. The molecule has 29 heavy (non-hydrogen) atoms. The molecule has 1 aromatic heterocycles. The molecule has 0 aliphatic heterocycles. The molecule has 0 atom stereocenters. The minimum Gasteiger partial charge on any atom is -0.466 e. The highest BCUT2D eigenvalue weighted by Gasteiger charge is 2.33. The third-order valence-electron chi connectivity index (χ3n) is 3.64. The van der Waals surface area contributed by atoms with Crippen molar-refractivity contribution in [1.82, 2.24) is 4.98 Å². The van der Waals surface area contributed by atoms with Crippen LogP contribution in [0, 0.1) is 0 Å². The SMILES string of the molecule is CCOC(=O)CC(C)=NNc1oc(C=Cc2ccccc2)nc1P(=O)(OC)OC. The van der Waals surface area contributed by atoms with Gasteiger partial charge in [0.2, 0.25) is 17.2 Å². The molecule has 0 aliphatic carbocycles. The van der Waals surface area contributed by atoms with Crippen molar-refractivity contribution >= 4 is 42.7 Å². The quantitative estimate of drug-likeness (QED) is 0.267. The Labute approximate surface area is 169 Å². The van der Waals surface area contributed by atoms with Crippen LogP contribution in [0.15, 0.2) is 39.9 Å². The number of nitrogens with one attached hydrogen (secondary N) is 1. The van der Waals surface area contributed by atoms with Crippen molar-refractivity contribution in [2.75, 3.05) is 26.3 Å². The largest absolute Gasteiger partial charge is 0.466 e. The number of hydrogen-bond acceptors (Lipinski definition) is 9. The second-order valence-electron chi connectivity index (χ2n) is 5.75. The molecular formula is C19H24N3O6P. The van der Waals surface area contributed by atoms with Gasteiger partial charge in [0.1, 0.15) is 0 Å². The predicted octanol–water partition coefficient (Wildman–Crippen LogP) is 3.70. The number of oxazole rings is 1. The number of ether oxygens (including phenoxy) is 1. The van der Waals surface area contributed by atoms with Crippen LogP contribution in [0.1, 0.15) is 31.7 Å². The third kappa shape index (κ3) is 6.39. The van der Waals surface area contributed by atoms with Gasteiger partial charge in [0, 0.05) is 26.0 Å². The first-order valence-electron chi connectivity index (χ1n) is 8.82. The molecule has 0 saturated carbocycles. The van der Waals surface area contributed by atoms with E-state index in [0.717, 1.165) is 5.56 Å². The van der Waals surface area contributed by atoms with E-state index >= 15 is 0 Å². The lowest BCUT2D eigenvalue weighted by molar-refractivity contribution is -0.141. The van der Waals surface area contributed by atoms with Gasteiger partial charge in [0.05, 0.1) is 13.0 Å². The van der Waals surface area contributed by atoms with Crippen LogP contribution in [0.3, 0.4) is 0 Å². The van der Waals surface area contributed by atoms with Gasteiger partial charge < -0.3 is 18.2 Å². The fraction of sp³-hybridized carbons (Fsp3) is 0.316. The van der Waals surface area contributed by atoms with Crippen molar-refractivity contribution in [2.45, 2.75) is 20.3 Å². The highest BCUT2D eigenvalue weighted by molar-refractivity contribution is 7.62. The Hall–Kier alpha value is -2.74. The first-order chi connectivity index (χ1) is 13.9. The molecule has 1 N–H and O–H groups in total. The van der Waals surface area contributed by atoms with Gasteiger partial charge in [-0.25, -0.2) is 5.43 Å². The first kappa shape index (κ1) is 22.5. The standard InChI is InChI=1S/C19H24N3O6P/c1-5-27-17(23)13-14(2)21-22-18-19(29(24,25-3)26-4)20-16(28-18)12-11-15-9-7-6-8-10-15/h6-12,22H,5,13H2,1-4H3. The van der Waals surface area contributed by atoms with Crippen LogP contribution in [0.4, 0.5) is 5.88 Å². The second-order valence-corrected chi connectivity index (χ2v) is 7.90. The Balaban J connectivity index is 2.29. The molecule has 156 valence electrons. The van der Waals surface area contributed by atoms with E-state index in [1.807, 2.05) is 30.3 Å². The number of carbonyl (C=O) groups excluding carboxylic acids is 1. The van der Waals surface area contributed by atoms with Gasteiger partial charge in [-0.05, 0) is 25.5 Å². The summed E-state index contributed by atoms with van der Waals surface area (Å²) >= 11 is 0. The minimum atomic E-state index is -3.71. The summed E-state index contributed by atoms with van der Waals surface area (Å²) in [5.74, 6) is -0.230. The van der Waals surface area contributed by atoms with Gasteiger partial charge >= 0.3 is 13.6 Å². The maximum atomic E-state index is 12.8. The summed E-state index contributed by atoms with van der Waals surface area (Å²) in [4.78, 5) is 15.8. The molecular weight excluding hydrogens is 397 g/mol. The van der Waals surface area contributed by atoms with E-state index < -0.39 is 13.6 Å². The van der Waals surface area contributed by atoms with E-state index in [2.05, 4.69) is 15.5 Å². The maximum absolute atomic E-state index is 12.8. The van der Waals surface area contributed by atoms with Crippen LogP contribution in [0.2, 0.25) is 0 Å². The minimum absolute atomic E-state index is 0.00268. The van der Waals surface area contributed by atoms with E-state index in [-0.39, 0.29) is 30.2 Å². The lowest BCUT2D eigenvalue weighted by atomic mass is 10.2. The summed E-state index contributed by atoms with van der Waals surface area (Å²) in [5, 5.41) is 4.07. The topological polar surface area (TPSA) is 112 Å². The van der Waals surface area contributed by atoms with Gasteiger partial charge in [-0.15, -0.1) is 0 Å². The molecule has 0 bridgehead atoms. The molecule has 0 fully saturated rings. The second kappa shape index (κ2) is 10.7. The number of rotatable bonds is 10. The molecule has 10 heteroatoms. The van der Waals surface area contributed by atoms with Gasteiger partial charge in [0.15, 0.2) is 0 Å². The Morgan fingerprint density at radius 3 is 2.55 bits per heavy atom. The molecule has 0 saturated heterocycles. The van der Waals surface area contributed by atoms with Gasteiger partial charge in [-0.2, -0.15) is 10.1 Å². The third-order valence-corrected chi connectivity index (χ3v) is 5.42. The number of hydrazone groups is 1. The summed E-state index contributed by atoms with van der Waals surface area (Å²) in [5.41, 5.74) is 3.96. The Morgan fingerprint density at radius 2 is 1.93 bits per heavy atom. The lowest BCUT2D eigenvalue weighted by Gasteiger charge is -2.11. The van der Waals surface area contributed by atoms with E-state index in [9.17, 15) is 9.36 Å². The highest BCUT2D eigenvalue weighted by Crippen LogP contribution is 2.47. The molecule has 0 spiro atoms. The Morgan fingerprint density at radius 1 is 1.24 bits per heavy atom. The van der Waals surface area contributed by atoms with Gasteiger partial charge in [-0.1, -0.05) is 30.3 Å². The zero-order chi connectivity index (χ0) is 21.3. The molecule has 0 amide bonds. The van der Waals surface area contributed by atoms with Crippen molar-refractivity contribution in [2.24, 2.45) is 5.10 Å². The van der Waals surface area contributed by atoms with Crippen molar-refractivity contribution in [3.63, 3.8) is 0 Å². The summed E-state index contributed by atoms with van der Waals surface area (Å²) in [7, 11) is -1.21. The van der Waals surface area contributed by atoms with Crippen molar-refractivity contribution in [3.05, 3.63) is 41.8 Å². The highest BCUT2D eigenvalue weighted by atomic mass is 31.2. The van der Waals surface area contributed by atoms with Crippen LogP contribution in [-0.2, 0) is 23.1 Å². The lowest BCUT2D eigenvalue weighted by Crippen LogP contribution is -2.14. The molecule has 0 unspecified atom stereocenters. The molecule has 1 aromatic carbocycles. The van der Waals surface area contributed by atoms with Crippen LogP contribution in [0.25, 0.3) is 12.2 Å². The average Bonchev–Trinajstić information content (AvgIpc) is 3.15. The summed E-state index contributed by atoms with van der Waals surface area (Å²) in [6.45, 7) is 3.65. The van der Waals surface area contributed by atoms with E-state index in [0.29, 0.717) is 5.71 Å². The molecule has 0 radical (unpaired) electrons. The predicted molar refractivity (Wildman–Crippen MR) is 111 cm³/mol. The number of hydrogen-bond donors (Lipinski definition) is 1. The number of esters is 1. The van der Waals surface area contributed by atoms with Crippen molar-refractivity contribution in [3.8, 4) is 0 Å². The normalized spacial score (nSPS) is 12.3. The number of benzene rings is 1. The number of anilines is 1. The maximum Gasteiger partial charge on any atom is 0.384 e. The van der Waals surface area contributed by atoms with Crippen LogP contribution in [0.5, 0.6) is 0 Å². The molecule has 0 aliphatic rings. The van der Waals surface area contributed by atoms with E-state index in [1.165, 1.54) is 14.2 Å². The zero-order valence-corrected chi connectivity index (χ0v) is 17.6. The molecule has 2 aromatic rings. The fourth-order valence-corrected chi connectivity index (χ4v) is 3.30. The molecule has 2 rings (SSSR count). The van der Waals surface area contributed by atoms with Gasteiger partial charge in [-0.3, -0.25) is 9.36 Å². The Kier molecular flexibility index (Phi) is 8.33. The summed E-state index contributed by atoms with van der Waals surface area (Å²) in [6.07, 6.45) is 3.41. The average molecular weight is 421 g/mol. The van der Waals surface area contributed by atoms with Crippen LogP contribution >= 0.6 is 7.60 Å². The van der Waals surface area contributed by atoms with Crippen molar-refractivity contribution in [1.29, 1.82) is 0 Å². The smallest absolute Gasteiger partial charge is 0.384 e.